The summed E-state index contributed by atoms with van der Waals surface area (Å²) in [5.41, 5.74) is 0. The van der Waals surface area contributed by atoms with Gasteiger partial charge in [-0.3, -0.25) is 14.5 Å². The molecule has 1 fully saturated rings. The van der Waals surface area contributed by atoms with Gasteiger partial charge >= 0.3 is 5.97 Å². The molecule has 0 radical (unpaired) electrons. The van der Waals surface area contributed by atoms with Crippen molar-refractivity contribution in [1.29, 1.82) is 0 Å². The molecule has 1 aliphatic heterocycles. The van der Waals surface area contributed by atoms with Crippen molar-refractivity contribution in [1.82, 2.24) is 4.90 Å². The van der Waals surface area contributed by atoms with E-state index >= 15 is 0 Å². The highest BCUT2D eigenvalue weighted by atomic mass is 32.2. The number of rotatable bonds is 11. The second kappa shape index (κ2) is 10.7. The number of hydrogen-bond donors (Lipinski definition) is 1. The molecular formula is C18H23NO3S3. The van der Waals surface area contributed by atoms with Crippen LogP contribution in [0.5, 0.6) is 0 Å². The summed E-state index contributed by atoms with van der Waals surface area (Å²) in [6, 6.07) is 3.96. The van der Waals surface area contributed by atoms with Crippen molar-refractivity contribution >= 4 is 57.6 Å². The van der Waals surface area contributed by atoms with Crippen LogP contribution in [-0.4, -0.2) is 32.7 Å². The average Bonchev–Trinajstić information content (AvgIpc) is 3.16. The summed E-state index contributed by atoms with van der Waals surface area (Å²) in [5, 5.41) is 10.6. The van der Waals surface area contributed by atoms with E-state index in [1.807, 2.05) is 23.6 Å². The summed E-state index contributed by atoms with van der Waals surface area (Å²) < 4.78 is 0.654. The van der Waals surface area contributed by atoms with Crippen molar-refractivity contribution in [2.45, 2.75) is 51.4 Å². The van der Waals surface area contributed by atoms with E-state index in [0.717, 1.165) is 49.8 Å². The molecule has 0 aliphatic carbocycles. The molecule has 0 aromatic carbocycles. The number of amides is 1. The van der Waals surface area contributed by atoms with E-state index < -0.39 is 5.97 Å². The zero-order valence-electron chi connectivity index (χ0n) is 14.1. The summed E-state index contributed by atoms with van der Waals surface area (Å²) in [7, 11) is 0. The molecule has 0 saturated carbocycles. The van der Waals surface area contributed by atoms with Crippen LogP contribution in [0.3, 0.4) is 0 Å². The summed E-state index contributed by atoms with van der Waals surface area (Å²) in [6.45, 7) is 0.686. The molecule has 1 saturated heterocycles. The molecule has 0 atom stereocenters. The molecule has 2 heterocycles. The van der Waals surface area contributed by atoms with E-state index in [-0.39, 0.29) is 12.3 Å². The predicted molar refractivity (Wildman–Crippen MR) is 109 cm³/mol. The molecule has 2 rings (SSSR count). The van der Waals surface area contributed by atoms with Crippen LogP contribution in [0.2, 0.25) is 0 Å². The van der Waals surface area contributed by atoms with Gasteiger partial charge in [0.1, 0.15) is 4.32 Å². The van der Waals surface area contributed by atoms with E-state index in [9.17, 15) is 9.59 Å². The van der Waals surface area contributed by atoms with Crippen LogP contribution < -0.4 is 0 Å². The highest BCUT2D eigenvalue weighted by Crippen LogP contribution is 2.33. The third-order valence-corrected chi connectivity index (χ3v) is 6.16. The number of thioether (sulfide) groups is 1. The second-order valence-electron chi connectivity index (χ2n) is 5.97. The molecule has 1 N–H and O–H groups in total. The lowest BCUT2D eigenvalue weighted by atomic mass is 10.1. The minimum Gasteiger partial charge on any atom is -0.481 e. The van der Waals surface area contributed by atoms with Gasteiger partial charge in [0, 0.05) is 17.8 Å². The number of carbonyl (C=O) groups excluding carboxylic acids is 1. The molecule has 7 heteroatoms. The predicted octanol–water partition coefficient (Wildman–Crippen LogP) is 5.15. The number of nitrogens with zero attached hydrogens (tertiary/aromatic N) is 1. The van der Waals surface area contributed by atoms with E-state index in [0.29, 0.717) is 15.8 Å². The Balaban J connectivity index is 1.62. The zero-order valence-corrected chi connectivity index (χ0v) is 16.6. The Morgan fingerprint density at radius 2 is 1.84 bits per heavy atom. The van der Waals surface area contributed by atoms with Crippen LogP contribution in [0.15, 0.2) is 22.4 Å². The Kier molecular flexibility index (Phi) is 8.64. The molecule has 1 aliphatic rings. The number of carboxylic acid groups (broad SMARTS) is 1. The first-order valence-corrected chi connectivity index (χ1v) is 10.7. The number of thiocarbonyl (C=S) groups is 1. The molecule has 0 spiro atoms. The lowest BCUT2D eigenvalue weighted by Crippen LogP contribution is -2.28. The van der Waals surface area contributed by atoms with Crippen LogP contribution in [0.4, 0.5) is 0 Å². The van der Waals surface area contributed by atoms with Gasteiger partial charge in [-0.2, -0.15) is 0 Å². The molecule has 1 amide bonds. The summed E-state index contributed by atoms with van der Waals surface area (Å²) in [4.78, 5) is 26.4. The number of hydrogen-bond acceptors (Lipinski definition) is 5. The lowest BCUT2D eigenvalue weighted by molar-refractivity contribution is -0.137. The average molecular weight is 398 g/mol. The van der Waals surface area contributed by atoms with Crippen LogP contribution >= 0.6 is 35.3 Å². The first-order chi connectivity index (χ1) is 12.1. The van der Waals surface area contributed by atoms with Crippen molar-refractivity contribution in [2.75, 3.05) is 6.54 Å². The Bertz CT molecular complexity index is 626. The lowest BCUT2D eigenvalue weighted by Gasteiger charge is -2.14. The molecule has 4 nitrogen and oxygen atoms in total. The van der Waals surface area contributed by atoms with Crippen LogP contribution in [0, 0.1) is 0 Å². The minimum absolute atomic E-state index is 0.0251. The summed E-state index contributed by atoms with van der Waals surface area (Å²) in [5.74, 6) is -0.686. The van der Waals surface area contributed by atoms with Crippen molar-refractivity contribution in [3.05, 3.63) is 27.3 Å². The quantitative estimate of drug-likeness (QED) is 0.318. The van der Waals surface area contributed by atoms with Crippen LogP contribution in [0.1, 0.15) is 56.2 Å². The number of unbranched alkanes of at least 4 members (excludes halogenated alkanes) is 6. The van der Waals surface area contributed by atoms with Crippen molar-refractivity contribution in [2.24, 2.45) is 0 Å². The molecule has 1 aromatic heterocycles. The number of carbonyl (C=O) groups is 2. The van der Waals surface area contributed by atoms with Gasteiger partial charge in [-0.05, 0) is 30.4 Å². The van der Waals surface area contributed by atoms with Gasteiger partial charge in [-0.1, -0.05) is 62.2 Å². The first-order valence-electron chi connectivity index (χ1n) is 8.58. The Labute approximate surface area is 162 Å². The van der Waals surface area contributed by atoms with Crippen LogP contribution in [0.25, 0.3) is 6.08 Å². The second-order valence-corrected chi connectivity index (χ2v) is 8.62. The van der Waals surface area contributed by atoms with Crippen molar-refractivity contribution in [3.8, 4) is 0 Å². The topological polar surface area (TPSA) is 57.6 Å². The molecular weight excluding hydrogens is 374 g/mol. The smallest absolute Gasteiger partial charge is 0.303 e. The molecule has 136 valence electrons. The monoisotopic (exact) mass is 397 g/mol. The zero-order chi connectivity index (χ0) is 18.1. The first kappa shape index (κ1) is 20.1. The fraction of sp³-hybridized carbons (Fsp3) is 0.500. The van der Waals surface area contributed by atoms with Gasteiger partial charge in [0.05, 0.1) is 4.91 Å². The van der Waals surface area contributed by atoms with E-state index in [1.165, 1.54) is 11.8 Å². The molecule has 0 unspecified atom stereocenters. The van der Waals surface area contributed by atoms with Gasteiger partial charge in [0.2, 0.25) is 0 Å². The minimum atomic E-state index is -0.711. The number of carboxylic acids is 1. The van der Waals surface area contributed by atoms with E-state index in [1.54, 1.807) is 16.2 Å². The standard InChI is InChI=1S/C18H23NO3S3/c20-16(21)10-6-4-2-1-3-5-7-11-19-17(22)15(25-18(19)23)13-14-9-8-12-24-14/h8-9,12-13H,1-7,10-11H2,(H,20,21)/b15-13-. The van der Waals surface area contributed by atoms with Gasteiger partial charge in [0.15, 0.2) is 0 Å². The van der Waals surface area contributed by atoms with Crippen molar-refractivity contribution in [3.63, 3.8) is 0 Å². The van der Waals surface area contributed by atoms with Gasteiger partial charge in [-0.25, -0.2) is 0 Å². The Morgan fingerprint density at radius 1 is 1.16 bits per heavy atom. The maximum atomic E-state index is 12.4. The fourth-order valence-electron chi connectivity index (χ4n) is 2.63. The number of thiophene rings is 1. The summed E-state index contributed by atoms with van der Waals surface area (Å²) >= 11 is 8.34. The third-order valence-electron chi connectivity index (χ3n) is 3.96. The largest absolute Gasteiger partial charge is 0.481 e. The Morgan fingerprint density at radius 3 is 2.48 bits per heavy atom. The molecule has 25 heavy (non-hydrogen) atoms. The molecule has 1 aromatic rings. The third kappa shape index (κ3) is 6.92. The van der Waals surface area contributed by atoms with Crippen molar-refractivity contribution < 1.29 is 14.7 Å². The fourth-order valence-corrected chi connectivity index (χ4v) is 4.66. The van der Waals surface area contributed by atoms with Gasteiger partial charge < -0.3 is 5.11 Å². The molecule has 0 bridgehead atoms. The SMILES string of the molecule is O=C(O)CCCCCCCCCN1C(=O)/C(=C/c2cccs2)SC1=S. The number of aliphatic carboxylic acids is 1. The van der Waals surface area contributed by atoms with E-state index in [4.69, 9.17) is 17.3 Å². The maximum Gasteiger partial charge on any atom is 0.303 e. The van der Waals surface area contributed by atoms with E-state index in [2.05, 4.69) is 0 Å². The normalized spacial score (nSPS) is 16.2. The highest BCUT2D eigenvalue weighted by Gasteiger charge is 2.31. The summed E-state index contributed by atoms with van der Waals surface area (Å²) in [6.07, 6.45) is 9.28. The Hall–Kier alpha value is -1.18. The van der Waals surface area contributed by atoms with Gasteiger partial charge in [0.25, 0.3) is 5.91 Å². The highest BCUT2D eigenvalue weighted by molar-refractivity contribution is 8.26. The van der Waals surface area contributed by atoms with Crippen LogP contribution in [-0.2, 0) is 9.59 Å². The van der Waals surface area contributed by atoms with Gasteiger partial charge in [-0.15, -0.1) is 11.3 Å². The maximum absolute atomic E-state index is 12.4.